The maximum absolute atomic E-state index is 14.3. The van der Waals surface area contributed by atoms with E-state index in [1.54, 1.807) is 23.4 Å². The van der Waals surface area contributed by atoms with Crippen molar-refractivity contribution < 1.29 is 43.2 Å². The molecule has 2 bridgehead atoms. The molecule has 0 radical (unpaired) electrons. The molecule has 1 amide bonds. The number of nitrogens with zero attached hydrogens (tertiary/aromatic N) is 6. The first kappa shape index (κ1) is 40.6. The Balaban J connectivity index is 1.49. The van der Waals surface area contributed by atoms with E-state index in [-0.39, 0.29) is 24.0 Å². The number of cyclic esters (lactones) is 1. The number of methoxy groups -OCH3 is 1. The number of fused-ring (bicyclic) bond motifs is 1. The van der Waals surface area contributed by atoms with Gasteiger partial charge >= 0.3 is 12.1 Å². The minimum absolute atomic E-state index is 0.175. The van der Waals surface area contributed by atoms with E-state index in [1.165, 1.54) is 6.92 Å². The summed E-state index contributed by atoms with van der Waals surface area (Å²) < 4.78 is 33.1. The molecule has 292 valence electrons. The van der Waals surface area contributed by atoms with E-state index in [1.807, 2.05) is 47.9 Å². The zero-order valence-electron chi connectivity index (χ0n) is 32.4. The zero-order chi connectivity index (χ0) is 38.3. The predicted molar refractivity (Wildman–Crippen MR) is 195 cm³/mol. The molecule has 3 fully saturated rings. The van der Waals surface area contributed by atoms with Gasteiger partial charge in [-0.2, -0.15) is 0 Å². The Morgan fingerprint density at radius 1 is 1.13 bits per heavy atom. The number of esters is 1. The fourth-order valence-electron chi connectivity index (χ4n) is 9.11. The molecule has 16 heteroatoms. The first-order valence-electron chi connectivity index (χ1n) is 18.6. The topological polar surface area (TPSA) is 167 Å². The summed E-state index contributed by atoms with van der Waals surface area (Å²) in [6.07, 6.45) is -0.822. The lowest BCUT2D eigenvalue weighted by atomic mass is 9.73. The molecule has 5 rings (SSSR count). The van der Waals surface area contributed by atoms with Gasteiger partial charge in [-0.15, -0.1) is 5.10 Å². The number of aliphatic hydroxyl groups is 1. The van der Waals surface area contributed by atoms with Crippen molar-refractivity contribution in [3.8, 4) is 0 Å². The number of aromatic nitrogens is 3. The number of hydrogen-bond donors (Lipinski definition) is 1. The summed E-state index contributed by atoms with van der Waals surface area (Å²) in [7, 11) is 5.99. The third kappa shape index (κ3) is 7.82. The van der Waals surface area contributed by atoms with Crippen LogP contribution < -0.4 is 0 Å². The van der Waals surface area contributed by atoms with Crippen LogP contribution in [0.3, 0.4) is 0 Å². The molecule has 1 N–H and O–H groups in total. The monoisotopic (exact) mass is 750 g/mol. The predicted octanol–water partition coefficient (Wildman–Crippen LogP) is 2.92. The Hall–Kier alpha value is -2.55. The minimum atomic E-state index is -1.16. The van der Waals surface area contributed by atoms with E-state index in [4.69, 9.17) is 28.7 Å². The lowest BCUT2D eigenvalue weighted by Crippen LogP contribution is -2.60. The summed E-state index contributed by atoms with van der Waals surface area (Å²) in [4.78, 5) is 50.2. The fourth-order valence-corrected chi connectivity index (χ4v) is 9.34. The van der Waals surface area contributed by atoms with E-state index in [0.29, 0.717) is 45.3 Å². The second-order valence-electron chi connectivity index (χ2n) is 15.7. The van der Waals surface area contributed by atoms with Gasteiger partial charge in [0.15, 0.2) is 17.7 Å². The van der Waals surface area contributed by atoms with Crippen LogP contribution in [0.5, 0.6) is 0 Å². The maximum atomic E-state index is 14.3. The van der Waals surface area contributed by atoms with Gasteiger partial charge in [0.2, 0.25) is 0 Å². The first-order chi connectivity index (χ1) is 24.4. The number of carbonyl (C=O) groups is 3. The van der Waals surface area contributed by atoms with Crippen LogP contribution in [0, 0.1) is 23.7 Å². The van der Waals surface area contributed by atoms with Crippen molar-refractivity contribution in [2.75, 3.05) is 33.8 Å². The zero-order valence-corrected chi connectivity index (χ0v) is 33.5. The maximum Gasteiger partial charge on any atom is 0.410 e. The Labute approximate surface area is 309 Å². The SMILES string of the molecule is CC[C@H]1OC(=O)[C@H](C)C(=O)[C@H](C)[C@@H](O[C@@H]2O[C@H](C)C[C@H](N(C)CCc3cn(P)nn3)[C@H]2O)[C@](C)(OC)C[C@@H](C)C2=NCCN3C(=O)O[C@@]1(C)[C@@H]3[C@H]2C. The van der Waals surface area contributed by atoms with Gasteiger partial charge in [0, 0.05) is 50.2 Å². The molecular weight excluding hydrogens is 691 g/mol. The number of aliphatic hydroxyl groups excluding tert-OH is 1. The first-order valence-corrected chi connectivity index (χ1v) is 19.2. The molecule has 1 aromatic rings. The molecule has 14 atom stereocenters. The normalized spacial score (nSPS) is 40.6. The van der Waals surface area contributed by atoms with Gasteiger partial charge in [-0.25, -0.2) is 9.25 Å². The van der Waals surface area contributed by atoms with Gasteiger partial charge in [0.05, 0.1) is 42.3 Å². The van der Waals surface area contributed by atoms with Crippen molar-refractivity contribution in [1.82, 2.24) is 24.6 Å². The molecule has 52 heavy (non-hydrogen) atoms. The number of likely N-dealkylation sites (N-methyl/N-ethyl adjacent to an activating group) is 1. The molecule has 4 aliphatic rings. The van der Waals surface area contributed by atoms with Gasteiger partial charge in [-0.3, -0.25) is 19.5 Å². The number of carbonyl (C=O) groups excluding carboxylic acids is 3. The largest absolute Gasteiger partial charge is 0.458 e. The molecule has 0 aromatic carbocycles. The highest BCUT2D eigenvalue weighted by atomic mass is 31.0. The summed E-state index contributed by atoms with van der Waals surface area (Å²) in [5.74, 6) is -3.56. The van der Waals surface area contributed by atoms with Gasteiger partial charge in [0.25, 0.3) is 0 Å². The van der Waals surface area contributed by atoms with Crippen LogP contribution in [0.2, 0.25) is 0 Å². The summed E-state index contributed by atoms with van der Waals surface area (Å²) >= 11 is 0. The molecule has 3 saturated heterocycles. The third-order valence-corrected chi connectivity index (χ3v) is 12.3. The van der Waals surface area contributed by atoms with Crippen molar-refractivity contribution in [3.05, 3.63) is 11.9 Å². The number of rotatable bonds is 8. The van der Waals surface area contributed by atoms with Crippen molar-refractivity contribution >= 4 is 32.9 Å². The van der Waals surface area contributed by atoms with Gasteiger partial charge in [-0.05, 0) is 69.3 Å². The standard InChI is InChI=1S/C36H59N6O9P/c1-11-26-36(8)30-21(4)27(37-13-15-41(30)34(46)51-36)19(2)17-35(7,47-10)31(22(5)28(43)23(6)32(45)49-26)50-33-29(44)25(16-20(3)48-33)40(9)14-12-24-18-42(52)39-38-24/h18-23,25-26,29-31,33,44H,11-17,52H2,1-10H3/t19-,20-,21+,22+,23-,25+,26-,29-,30+,31-,33+,35-,36-/m1/s1. The molecule has 15 nitrogen and oxygen atoms in total. The molecule has 0 saturated carbocycles. The highest BCUT2D eigenvalue weighted by Crippen LogP contribution is 2.44. The summed E-state index contributed by atoms with van der Waals surface area (Å²) in [6, 6.07) is -0.768. The van der Waals surface area contributed by atoms with Gasteiger partial charge in [0.1, 0.15) is 18.1 Å². The molecule has 4 aliphatic heterocycles. The molecule has 1 aromatic heterocycles. The van der Waals surface area contributed by atoms with Crippen molar-refractivity contribution in [2.24, 2.45) is 28.7 Å². The number of ketones is 1. The van der Waals surface area contributed by atoms with E-state index in [0.717, 1.165) is 11.4 Å². The molecule has 1 unspecified atom stereocenters. The Kier molecular flexibility index (Phi) is 12.5. The summed E-state index contributed by atoms with van der Waals surface area (Å²) in [5.41, 5.74) is -0.557. The molecule has 0 spiro atoms. The molecule has 5 heterocycles. The number of aliphatic imine (C=N–C) groups is 1. The van der Waals surface area contributed by atoms with Crippen LogP contribution >= 0.6 is 9.39 Å². The molecule has 0 aliphatic carbocycles. The van der Waals surface area contributed by atoms with Crippen molar-refractivity contribution in [1.29, 1.82) is 0 Å². The smallest absolute Gasteiger partial charge is 0.410 e. The average molecular weight is 751 g/mol. The van der Waals surface area contributed by atoms with Crippen LogP contribution in [0.25, 0.3) is 0 Å². The summed E-state index contributed by atoms with van der Waals surface area (Å²) in [6.45, 7) is 16.3. The Morgan fingerprint density at radius 3 is 2.48 bits per heavy atom. The highest BCUT2D eigenvalue weighted by Gasteiger charge is 2.60. The average Bonchev–Trinajstić information content (AvgIpc) is 3.57. The lowest BCUT2D eigenvalue weighted by Gasteiger charge is -2.47. The van der Waals surface area contributed by atoms with E-state index >= 15 is 0 Å². The van der Waals surface area contributed by atoms with Crippen LogP contribution in [0.1, 0.15) is 80.3 Å². The van der Waals surface area contributed by atoms with Gasteiger partial charge in [-0.1, -0.05) is 32.9 Å². The van der Waals surface area contributed by atoms with Crippen LogP contribution in [0.4, 0.5) is 4.79 Å². The van der Waals surface area contributed by atoms with Crippen LogP contribution in [0.15, 0.2) is 11.2 Å². The lowest BCUT2D eigenvalue weighted by molar-refractivity contribution is -0.295. The second-order valence-corrected chi connectivity index (χ2v) is 16.3. The van der Waals surface area contributed by atoms with Gasteiger partial charge < -0.3 is 33.7 Å². The number of amides is 1. The number of ether oxygens (including phenoxy) is 5. The fraction of sp³-hybridized carbons (Fsp3) is 0.833. The molecular formula is C36H59N6O9P. The van der Waals surface area contributed by atoms with Crippen LogP contribution in [-0.4, -0.2) is 141 Å². The van der Waals surface area contributed by atoms with E-state index in [2.05, 4.69) is 31.5 Å². The minimum Gasteiger partial charge on any atom is -0.458 e. The van der Waals surface area contributed by atoms with Crippen molar-refractivity contribution in [2.45, 2.75) is 135 Å². The van der Waals surface area contributed by atoms with Crippen molar-refractivity contribution in [3.63, 3.8) is 0 Å². The second kappa shape index (κ2) is 16.0. The quantitative estimate of drug-likeness (QED) is 0.235. The number of Topliss-reactive ketones (excluding diaryl/α,β-unsaturated/α-hetero) is 1. The van der Waals surface area contributed by atoms with E-state index < -0.39 is 71.5 Å². The third-order valence-electron chi connectivity index (χ3n) is 12.0. The van der Waals surface area contributed by atoms with E-state index in [9.17, 15) is 19.5 Å². The highest BCUT2D eigenvalue weighted by molar-refractivity contribution is 7.14. The Bertz CT molecular complexity index is 1500. The number of hydrogen-bond acceptors (Lipinski definition) is 13. The Morgan fingerprint density at radius 2 is 1.85 bits per heavy atom. The summed E-state index contributed by atoms with van der Waals surface area (Å²) in [5, 5.41) is 20.0. The van der Waals surface area contributed by atoms with Crippen LogP contribution in [-0.2, 0) is 39.7 Å².